The Morgan fingerprint density at radius 3 is 2.35 bits per heavy atom. The third kappa shape index (κ3) is 4.77. The van der Waals surface area contributed by atoms with Crippen LogP contribution in [0.25, 0.3) is 11.1 Å². The van der Waals surface area contributed by atoms with Crippen molar-refractivity contribution in [1.82, 2.24) is 0 Å². The first-order valence-corrected chi connectivity index (χ1v) is 10.3. The van der Waals surface area contributed by atoms with Crippen LogP contribution >= 0.6 is 0 Å². The SMILES string of the molecule is CC.COc1cc2c(cc1OCc1ccccc1)OCC(=O)c1cc(C(C)=O)ccc1-2. The Balaban J connectivity index is 0.00000132. The summed E-state index contributed by atoms with van der Waals surface area (Å²) in [6.45, 7) is 5.76. The molecule has 3 aromatic carbocycles. The van der Waals surface area contributed by atoms with Gasteiger partial charge in [0.2, 0.25) is 5.78 Å². The van der Waals surface area contributed by atoms with Gasteiger partial charge in [0.15, 0.2) is 23.9 Å². The average molecular weight is 418 g/mol. The van der Waals surface area contributed by atoms with Gasteiger partial charge in [-0.25, -0.2) is 0 Å². The van der Waals surface area contributed by atoms with Gasteiger partial charge in [0.25, 0.3) is 0 Å². The molecule has 1 aliphatic heterocycles. The largest absolute Gasteiger partial charge is 0.493 e. The molecular formula is C26H26O5. The molecule has 0 saturated carbocycles. The highest BCUT2D eigenvalue weighted by molar-refractivity contribution is 6.07. The van der Waals surface area contributed by atoms with Crippen LogP contribution in [0.5, 0.6) is 17.2 Å². The number of carbonyl (C=O) groups excluding carboxylic acids is 2. The number of ketones is 2. The highest BCUT2D eigenvalue weighted by atomic mass is 16.5. The van der Waals surface area contributed by atoms with Crippen LogP contribution in [0.4, 0.5) is 0 Å². The predicted octanol–water partition coefficient (Wildman–Crippen LogP) is 5.75. The number of hydrogen-bond acceptors (Lipinski definition) is 5. The zero-order valence-corrected chi connectivity index (χ0v) is 18.2. The minimum absolute atomic E-state index is 0.0896. The van der Waals surface area contributed by atoms with Gasteiger partial charge in [-0.15, -0.1) is 0 Å². The molecule has 5 heteroatoms. The first kappa shape index (κ1) is 22.1. The van der Waals surface area contributed by atoms with Gasteiger partial charge in [0.1, 0.15) is 12.4 Å². The molecule has 0 aliphatic carbocycles. The molecule has 3 aromatic rings. The van der Waals surface area contributed by atoms with Gasteiger partial charge in [-0.3, -0.25) is 9.59 Å². The topological polar surface area (TPSA) is 61.8 Å². The normalized spacial score (nSPS) is 11.7. The van der Waals surface area contributed by atoms with Crippen LogP contribution in [0.15, 0.2) is 60.7 Å². The molecule has 160 valence electrons. The molecule has 1 heterocycles. The zero-order chi connectivity index (χ0) is 22.4. The third-order valence-electron chi connectivity index (χ3n) is 4.88. The van der Waals surface area contributed by atoms with Crippen molar-refractivity contribution < 1.29 is 23.8 Å². The molecule has 5 nitrogen and oxygen atoms in total. The quantitative estimate of drug-likeness (QED) is 0.494. The van der Waals surface area contributed by atoms with Crippen LogP contribution in [-0.4, -0.2) is 25.3 Å². The van der Waals surface area contributed by atoms with E-state index in [1.54, 1.807) is 37.4 Å². The van der Waals surface area contributed by atoms with Gasteiger partial charge in [-0.05, 0) is 30.2 Å². The summed E-state index contributed by atoms with van der Waals surface area (Å²) in [7, 11) is 1.57. The van der Waals surface area contributed by atoms with Gasteiger partial charge >= 0.3 is 0 Å². The molecule has 0 atom stereocenters. The van der Waals surface area contributed by atoms with Gasteiger partial charge in [-0.1, -0.05) is 56.3 Å². The van der Waals surface area contributed by atoms with Crippen molar-refractivity contribution in [3.05, 3.63) is 77.4 Å². The van der Waals surface area contributed by atoms with Crippen LogP contribution in [0.1, 0.15) is 47.1 Å². The van der Waals surface area contributed by atoms with Crippen molar-refractivity contribution in [3.8, 4) is 28.4 Å². The fourth-order valence-electron chi connectivity index (χ4n) is 3.33. The van der Waals surface area contributed by atoms with Crippen LogP contribution < -0.4 is 14.2 Å². The van der Waals surface area contributed by atoms with Crippen LogP contribution in [0.2, 0.25) is 0 Å². The van der Waals surface area contributed by atoms with E-state index in [2.05, 4.69) is 0 Å². The molecule has 0 spiro atoms. The van der Waals surface area contributed by atoms with E-state index < -0.39 is 0 Å². The van der Waals surface area contributed by atoms with Crippen LogP contribution in [0.3, 0.4) is 0 Å². The van der Waals surface area contributed by atoms with E-state index in [0.717, 1.165) is 11.1 Å². The molecule has 0 fully saturated rings. The molecular weight excluding hydrogens is 392 g/mol. The molecule has 0 saturated heterocycles. The van der Waals surface area contributed by atoms with Crippen molar-refractivity contribution in [3.63, 3.8) is 0 Å². The lowest BCUT2D eigenvalue weighted by atomic mass is 9.94. The number of ether oxygens (including phenoxy) is 3. The number of rotatable bonds is 5. The number of carbonyl (C=O) groups is 2. The number of benzene rings is 3. The maximum absolute atomic E-state index is 12.6. The minimum atomic E-state index is -0.176. The second-order valence-electron chi connectivity index (χ2n) is 6.80. The second-order valence-corrected chi connectivity index (χ2v) is 6.80. The average Bonchev–Trinajstić information content (AvgIpc) is 2.95. The highest BCUT2D eigenvalue weighted by Crippen LogP contribution is 2.43. The summed E-state index contributed by atoms with van der Waals surface area (Å²) in [5, 5.41) is 0. The second kappa shape index (κ2) is 9.94. The summed E-state index contributed by atoms with van der Waals surface area (Å²) in [6, 6.07) is 18.5. The Hall–Kier alpha value is -3.60. The summed E-state index contributed by atoms with van der Waals surface area (Å²) >= 11 is 0. The van der Waals surface area contributed by atoms with Crippen molar-refractivity contribution >= 4 is 11.6 Å². The first-order valence-electron chi connectivity index (χ1n) is 10.3. The number of Topliss-reactive ketones (excluding diaryl/α,β-unsaturated/α-hetero) is 2. The standard InChI is InChI=1S/C24H20O5.C2H6/c1-15(25)17-8-9-18-19(10-17)21(26)14-29-22-12-24(23(27-2)11-20(18)22)28-13-16-6-4-3-5-7-16;1-2/h3-12H,13-14H2,1-2H3;1-2H3. The van der Waals surface area contributed by atoms with E-state index >= 15 is 0 Å². The Labute approximate surface area is 182 Å². The highest BCUT2D eigenvalue weighted by Gasteiger charge is 2.24. The van der Waals surface area contributed by atoms with Crippen molar-refractivity contribution in [2.24, 2.45) is 0 Å². The number of methoxy groups -OCH3 is 1. The molecule has 0 aromatic heterocycles. The monoisotopic (exact) mass is 418 g/mol. The zero-order valence-electron chi connectivity index (χ0n) is 18.2. The fraction of sp³-hybridized carbons (Fsp3) is 0.231. The lowest BCUT2D eigenvalue weighted by Crippen LogP contribution is -2.10. The van der Waals surface area contributed by atoms with E-state index in [0.29, 0.717) is 40.5 Å². The van der Waals surface area contributed by atoms with Crippen molar-refractivity contribution in [2.45, 2.75) is 27.4 Å². The van der Waals surface area contributed by atoms with E-state index in [-0.39, 0.29) is 18.2 Å². The summed E-state index contributed by atoms with van der Waals surface area (Å²) < 4.78 is 17.2. The molecule has 0 amide bonds. The Morgan fingerprint density at radius 1 is 0.935 bits per heavy atom. The minimum Gasteiger partial charge on any atom is -0.493 e. The maximum Gasteiger partial charge on any atom is 0.200 e. The summed E-state index contributed by atoms with van der Waals surface area (Å²) in [4.78, 5) is 24.3. The molecule has 0 N–H and O–H groups in total. The predicted molar refractivity (Wildman–Crippen MR) is 120 cm³/mol. The van der Waals surface area contributed by atoms with Gasteiger partial charge in [0, 0.05) is 22.8 Å². The van der Waals surface area contributed by atoms with E-state index in [1.165, 1.54) is 6.92 Å². The van der Waals surface area contributed by atoms with Gasteiger partial charge < -0.3 is 14.2 Å². The summed E-state index contributed by atoms with van der Waals surface area (Å²) in [6.07, 6.45) is 0. The third-order valence-corrected chi connectivity index (χ3v) is 4.88. The van der Waals surface area contributed by atoms with Gasteiger partial charge in [0.05, 0.1) is 7.11 Å². The Bertz CT molecular complexity index is 1090. The number of fused-ring (bicyclic) bond motifs is 3. The molecule has 4 rings (SSSR count). The molecule has 1 aliphatic rings. The van der Waals surface area contributed by atoms with Crippen molar-refractivity contribution in [2.75, 3.05) is 13.7 Å². The van der Waals surface area contributed by atoms with E-state index in [1.807, 2.05) is 44.2 Å². The Morgan fingerprint density at radius 2 is 1.68 bits per heavy atom. The maximum atomic E-state index is 12.6. The molecule has 31 heavy (non-hydrogen) atoms. The van der Waals surface area contributed by atoms with Crippen LogP contribution in [0, 0.1) is 0 Å². The van der Waals surface area contributed by atoms with E-state index in [9.17, 15) is 9.59 Å². The first-order chi connectivity index (χ1) is 15.1. The summed E-state index contributed by atoms with van der Waals surface area (Å²) in [5.41, 5.74) is 3.43. The molecule has 0 unspecified atom stereocenters. The van der Waals surface area contributed by atoms with E-state index in [4.69, 9.17) is 14.2 Å². The lowest BCUT2D eigenvalue weighted by Gasteiger charge is -2.15. The molecule has 0 bridgehead atoms. The lowest BCUT2D eigenvalue weighted by molar-refractivity contribution is 0.0925. The number of hydrogen-bond donors (Lipinski definition) is 0. The van der Waals surface area contributed by atoms with Crippen LogP contribution in [-0.2, 0) is 6.61 Å². The van der Waals surface area contributed by atoms with Gasteiger partial charge in [-0.2, -0.15) is 0 Å². The molecule has 0 radical (unpaired) electrons. The fourth-order valence-corrected chi connectivity index (χ4v) is 3.33. The smallest absolute Gasteiger partial charge is 0.200 e. The Kier molecular flexibility index (Phi) is 7.08. The summed E-state index contributed by atoms with van der Waals surface area (Å²) in [5.74, 6) is 1.35. The van der Waals surface area contributed by atoms with Crippen molar-refractivity contribution in [1.29, 1.82) is 0 Å².